The van der Waals surface area contributed by atoms with Gasteiger partial charge in [-0.05, 0) is 26.0 Å². The lowest BCUT2D eigenvalue weighted by atomic mass is 10.2. The number of nitrogens with one attached hydrogen (secondary N) is 2. The Morgan fingerprint density at radius 1 is 1.40 bits per heavy atom. The summed E-state index contributed by atoms with van der Waals surface area (Å²) >= 11 is 1.80. The fourth-order valence-electron chi connectivity index (χ4n) is 0.930. The van der Waals surface area contributed by atoms with Crippen molar-refractivity contribution in [2.75, 3.05) is 25.9 Å². The van der Waals surface area contributed by atoms with E-state index in [4.69, 9.17) is 0 Å². The van der Waals surface area contributed by atoms with Crippen LogP contribution in [0.1, 0.15) is 27.7 Å². The van der Waals surface area contributed by atoms with Crippen molar-refractivity contribution in [3.8, 4) is 0 Å². The third kappa shape index (κ3) is 8.75. The van der Waals surface area contributed by atoms with Gasteiger partial charge in [0.1, 0.15) is 0 Å². The van der Waals surface area contributed by atoms with Gasteiger partial charge in [-0.15, -0.1) is 0 Å². The van der Waals surface area contributed by atoms with Gasteiger partial charge in [-0.2, -0.15) is 11.8 Å². The molecule has 0 unspecified atom stereocenters. The van der Waals surface area contributed by atoms with Crippen LogP contribution in [-0.2, 0) is 4.79 Å². The van der Waals surface area contributed by atoms with Gasteiger partial charge in [0.2, 0.25) is 5.91 Å². The maximum absolute atomic E-state index is 11.3. The number of carbonyl (C=O) groups is 1. The highest BCUT2D eigenvalue weighted by molar-refractivity contribution is 7.99. The molecule has 0 radical (unpaired) electrons. The maximum atomic E-state index is 11.3. The molecule has 0 aromatic carbocycles. The van der Waals surface area contributed by atoms with Crippen LogP contribution in [0.25, 0.3) is 0 Å². The maximum Gasteiger partial charge on any atom is 0.233 e. The molecule has 0 aromatic heterocycles. The summed E-state index contributed by atoms with van der Waals surface area (Å²) in [7, 11) is 0. The highest BCUT2D eigenvalue weighted by Gasteiger charge is 2.15. The molecule has 0 rings (SSSR count). The average Bonchev–Trinajstić information content (AvgIpc) is 2.14. The SMILES string of the molecule is CSC(C)(C)CNCC(=O)NCC(C)C. The predicted molar refractivity (Wildman–Crippen MR) is 68.3 cm³/mol. The predicted octanol–water partition coefficient (Wildman–Crippen LogP) is 1.49. The normalized spacial score (nSPS) is 11.9. The number of rotatable bonds is 7. The van der Waals surface area contributed by atoms with Crippen molar-refractivity contribution >= 4 is 17.7 Å². The van der Waals surface area contributed by atoms with E-state index in [2.05, 4.69) is 44.6 Å². The first kappa shape index (κ1) is 14.8. The molecule has 0 heterocycles. The van der Waals surface area contributed by atoms with E-state index < -0.39 is 0 Å². The second-order valence-electron chi connectivity index (χ2n) is 4.77. The van der Waals surface area contributed by atoms with Crippen LogP contribution in [0.2, 0.25) is 0 Å². The van der Waals surface area contributed by atoms with Crippen LogP contribution >= 0.6 is 11.8 Å². The first-order valence-corrected chi connectivity index (χ1v) is 6.62. The summed E-state index contributed by atoms with van der Waals surface area (Å²) in [6.07, 6.45) is 2.08. The minimum atomic E-state index is 0.0839. The number of carbonyl (C=O) groups excluding carboxylic acids is 1. The van der Waals surface area contributed by atoms with Gasteiger partial charge in [-0.25, -0.2) is 0 Å². The van der Waals surface area contributed by atoms with Crippen molar-refractivity contribution in [1.82, 2.24) is 10.6 Å². The quantitative estimate of drug-likeness (QED) is 0.699. The number of amides is 1. The van der Waals surface area contributed by atoms with Crippen LogP contribution in [0.3, 0.4) is 0 Å². The molecular formula is C11H24N2OS. The van der Waals surface area contributed by atoms with Gasteiger partial charge in [0, 0.05) is 17.8 Å². The molecule has 0 atom stereocenters. The van der Waals surface area contributed by atoms with Crippen LogP contribution in [0.5, 0.6) is 0 Å². The van der Waals surface area contributed by atoms with Crippen molar-refractivity contribution in [3.63, 3.8) is 0 Å². The largest absolute Gasteiger partial charge is 0.355 e. The van der Waals surface area contributed by atoms with Crippen molar-refractivity contribution in [2.45, 2.75) is 32.4 Å². The van der Waals surface area contributed by atoms with E-state index in [1.807, 2.05) is 0 Å². The Morgan fingerprint density at radius 3 is 2.47 bits per heavy atom. The molecule has 3 nitrogen and oxygen atoms in total. The van der Waals surface area contributed by atoms with E-state index in [0.29, 0.717) is 12.5 Å². The zero-order valence-corrected chi connectivity index (χ0v) is 11.3. The van der Waals surface area contributed by atoms with E-state index in [1.54, 1.807) is 11.8 Å². The Kier molecular flexibility index (Phi) is 7.02. The molecule has 0 saturated carbocycles. The van der Waals surface area contributed by atoms with Crippen molar-refractivity contribution in [1.29, 1.82) is 0 Å². The lowest BCUT2D eigenvalue weighted by molar-refractivity contribution is -0.120. The number of thioether (sulfide) groups is 1. The van der Waals surface area contributed by atoms with Crippen LogP contribution in [0.15, 0.2) is 0 Å². The summed E-state index contributed by atoms with van der Waals surface area (Å²) in [6, 6.07) is 0. The zero-order chi connectivity index (χ0) is 11.9. The highest BCUT2D eigenvalue weighted by atomic mass is 32.2. The van der Waals surface area contributed by atoms with Crippen LogP contribution < -0.4 is 10.6 Å². The Bertz CT molecular complexity index is 193. The molecule has 4 heteroatoms. The Hall–Kier alpha value is -0.220. The molecule has 0 spiro atoms. The first-order chi connectivity index (χ1) is 6.87. The summed E-state index contributed by atoms with van der Waals surface area (Å²) in [5.41, 5.74) is 0. The van der Waals surface area contributed by atoms with Crippen LogP contribution in [0.4, 0.5) is 0 Å². The average molecular weight is 232 g/mol. The molecular weight excluding hydrogens is 208 g/mol. The molecule has 90 valence electrons. The number of hydrogen-bond acceptors (Lipinski definition) is 3. The van der Waals surface area contributed by atoms with Gasteiger partial charge in [0.15, 0.2) is 0 Å². The second-order valence-corrected chi connectivity index (χ2v) is 6.28. The molecule has 1 amide bonds. The lowest BCUT2D eigenvalue weighted by Crippen LogP contribution is -2.40. The minimum absolute atomic E-state index is 0.0839. The third-order valence-corrected chi connectivity index (χ3v) is 3.35. The molecule has 0 aliphatic rings. The van der Waals surface area contributed by atoms with E-state index in [-0.39, 0.29) is 10.7 Å². The zero-order valence-electron chi connectivity index (χ0n) is 10.5. The Morgan fingerprint density at radius 2 is 2.00 bits per heavy atom. The molecule has 0 aliphatic heterocycles. The van der Waals surface area contributed by atoms with Crippen molar-refractivity contribution < 1.29 is 4.79 Å². The molecule has 15 heavy (non-hydrogen) atoms. The molecule has 0 fully saturated rings. The smallest absolute Gasteiger partial charge is 0.233 e. The Labute approximate surface area is 97.8 Å². The fraction of sp³-hybridized carbons (Fsp3) is 0.909. The van der Waals surface area contributed by atoms with Crippen LogP contribution in [0, 0.1) is 5.92 Å². The van der Waals surface area contributed by atoms with E-state index >= 15 is 0 Å². The first-order valence-electron chi connectivity index (χ1n) is 5.40. The minimum Gasteiger partial charge on any atom is -0.355 e. The van der Waals surface area contributed by atoms with Crippen molar-refractivity contribution in [3.05, 3.63) is 0 Å². The monoisotopic (exact) mass is 232 g/mol. The topological polar surface area (TPSA) is 41.1 Å². The Balaban J connectivity index is 3.55. The van der Waals surface area contributed by atoms with Crippen LogP contribution in [-0.4, -0.2) is 36.5 Å². The standard InChI is InChI=1S/C11H24N2OS/c1-9(2)6-13-10(14)7-12-8-11(3,4)15-5/h9,12H,6-8H2,1-5H3,(H,13,14). The summed E-state index contributed by atoms with van der Waals surface area (Å²) in [4.78, 5) is 11.3. The van der Waals surface area contributed by atoms with Gasteiger partial charge < -0.3 is 10.6 Å². The van der Waals surface area contributed by atoms with Gasteiger partial charge >= 0.3 is 0 Å². The van der Waals surface area contributed by atoms with Gasteiger partial charge in [0.25, 0.3) is 0 Å². The summed E-state index contributed by atoms with van der Waals surface area (Å²) in [5, 5.41) is 6.05. The molecule has 2 N–H and O–H groups in total. The second kappa shape index (κ2) is 7.12. The lowest BCUT2D eigenvalue weighted by Gasteiger charge is -2.22. The van der Waals surface area contributed by atoms with E-state index in [1.165, 1.54) is 0 Å². The fourth-order valence-corrected chi connectivity index (χ4v) is 1.18. The molecule has 0 aliphatic carbocycles. The van der Waals surface area contributed by atoms with E-state index in [0.717, 1.165) is 13.1 Å². The van der Waals surface area contributed by atoms with Gasteiger partial charge in [0.05, 0.1) is 6.54 Å². The van der Waals surface area contributed by atoms with Crippen molar-refractivity contribution in [2.24, 2.45) is 5.92 Å². The van der Waals surface area contributed by atoms with E-state index in [9.17, 15) is 4.79 Å². The summed E-state index contributed by atoms with van der Waals surface area (Å²) < 4.78 is 0.193. The molecule has 0 aromatic rings. The number of hydrogen-bond donors (Lipinski definition) is 2. The molecule has 0 saturated heterocycles. The van der Waals surface area contributed by atoms with Gasteiger partial charge in [-0.3, -0.25) is 4.79 Å². The molecule has 0 bridgehead atoms. The third-order valence-electron chi connectivity index (χ3n) is 2.10. The summed E-state index contributed by atoms with van der Waals surface area (Å²) in [6.45, 7) is 10.5. The van der Waals surface area contributed by atoms with Gasteiger partial charge in [-0.1, -0.05) is 13.8 Å². The highest BCUT2D eigenvalue weighted by Crippen LogP contribution is 2.19. The summed E-state index contributed by atoms with van der Waals surface area (Å²) in [5.74, 6) is 0.595.